The molecule has 1 heterocycles. The van der Waals surface area contributed by atoms with Crippen molar-refractivity contribution >= 4 is 11.7 Å². The molecule has 5 nitrogen and oxygen atoms in total. The molecule has 0 atom stereocenters. The zero-order valence-corrected chi connectivity index (χ0v) is 9.36. The van der Waals surface area contributed by atoms with Crippen molar-refractivity contribution in [3.8, 4) is 0 Å². The molecule has 0 saturated carbocycles. The highest BCUT2D eigenvalue weighted by atomic mass is 16.4. The number of carboxylic acids is 1. The van der Waals surface area contributed by atoms with Gasteiger partial charge in [0.25, 0.3) is 0 Å². The van der Waals surface area contributed by atoms with Gasteiger partial charge in [-0.1, -0.05) is 6.92 Å². The molecule has 1 aromatic rings. The average Bonchev–Trinajstić information content (AvgIpc) is 2.29. The van der Waals surface area contributed by atoms with E-state index in [1.54, 1.807) is 12.3 Å². The number of hydrogen-bond donors (Lipinski definition) is 3. The molecule has 5 heteroatoms. The van der Waals surface area contributed by atoms with E-state index >= 15 is 0 Å². The smallest absolute Gasteiger partial charge is 0.339 e. The van der Waals surface area contributed by atoms with Crippen molar-refractivity contribution in [1.82, 2.24) is 10.3 Å². The largest absolute Gasteiger partial charge is 0.478 e. The Hall–Kier alpha value is -1.62. The highest BCUT2D eigenvalue weighted by Crippen LogP contribution is 2.12. The second kappa shape index (κ2) is 6.79. The lowest BCUT2D eigenvalue weighted by atomic mass is 10.2. The monoisotopic (exact) mass is 223 g/mol. The third-order valence-electron chi connectivity index (χ3n) is 2.15. The lowest BCUT2D eigenvalue weighted by Crippen LogP contribution is -2.17. The van der Waals surface area contributed by atoms with Crippen molar-refractivity contribution in [2.75, 3.05) is 25.0 Å². The molecule has 0 radical (unpaired) electrons. The molecule has 1 aromatic heterocycles. The summed E-state index contributed by atoms with van der Waals surface area (Å²) in [6.07, 6.45) is 3.89. The predicted molar refractivity (Wildman–Crippen MR) is 62.8 cm³/mol. The fourth-order valence-electron chi connectivity index (χ4n) is 1.33. The third kappa shape index (κ3) is 3.86. The van der Waals surface area contributed by atoms with E-state index in [2.05, 4.69) is 22.5 Å². The fourth-order valence-corrected chi connectivity index (χ4v) is 1.33. The molecule has 88 valence electrons. The van der Waals surface area contributed by atoms with E-state index in [0.717, 1.165) is 26.1 Å². The highest BCUT2D eigenvalue weighted by Gasteiger charge is 2.08. The lowest BCUT2D eigenvalue weighted by molar-refractivity contribution is 0.0697. The van der Waals surface area contributed by atoms with E-state index in [-0.39, 0.29) is 5.56 Å². The zero-order chi connectivity index (χ0) is 11.8. The SMILES string of the molecule is CCNCCCNc1ccncc1C(=O)O. The normalized spacial score (nSPS) is 10.1. The Bertz CT molecular complexity index is 342. The summed E-state index contributed by atoms with van der Waals surface area (Å²) in [5.74, 6) is -0.956. The summed E-state index contributed by atoms with van der Waals surface area (Å²) >= 11 is 0. The Kier molecular flexibility index (Phi) is 5.28. The molecule has 0 unspecified atom stereocenters. The molecule has 0 saturated heterocycles. The standard InChI is InChI=1S/C11H17N3O2/c1-2-12-5-3-6-14-10-4-7-13-8-9(10)11(15)16/h4,7-8,12H,2-3,5-6H2,1H3,(H,13,14)(H,15,16). The molecular weight excluding hydrogens is 206 g/mol. The second-order valence-corrected chi connectivity index (χ2v) is 3.36. The van der Waals surface area contributed by atoms with Crippen molar-refractivity contribution in [2.24, 2.45) is 0 Å². The number of carbonyl (C=O) groups is 1. The minimum atomic E-state index is -0.956. The van der Waals surface area contributed by atoms with Gasteiger partial charge in [0.05, 0.1) is 5.69 Å². The van der Waals surface area contributed by atoms with Crippen LogP contribution in [0.1, 0.15) is 23.7 Å². The maximum absolute atomic E-state index is 10.9. The van der Waals surface area contributed by atoms with Gasteiger partial charge in [-0.15, -0.1) is 0 Å². The number of pyridine rings is 1. The van der Waals surface area contributed by atoms with Gasteiger partial charge in [0.2, 0.25) is 0 Å². The second-order valence-electron chi connectivity index (χ2n) is 3.36. The molecule has 0 aromatic carbocycles. The number of hydrogen-bond acceptors (Lipinski definition) is 4. The summed E-state index contributed by atoms with van der Waals surface area (Å²) in [4.78, 5) is 14.7. The minimum Gasteiger partial charge on any atom is -0.478 e. The van der Waals surface area contributed by atoms with Crippen LogP contribution < -0.4 is 10.6 Å². The maximum atomic E-state index is 10.9. The van der Waals surface area contributed by atoms with E-state index < -0.39 is 5.97 Å². The summed E-state index contributed by atoms with van der Waals surface area (Å²) in [6, 6.07) is 1.68. The van der Waals surface area contributed by atoms with Gasteiger partial charge in [-0.05, 0) is 25.6 Å². The van der Waals surface area contributed by atoms with Crippen molar-refractivity contribution < 1.29 is 9.90 Å². The van der Waals surface area contributed by atoms with E-state index in [9.17, 15) is 4.79 Å². The van der Waals surface area contributed by atoms with Crippen LogP contribution in [-0.4, -0.2) is 35.7 Å². The Labute approximate surface area is 94.9 Å². The van der Waals surface area contributed by atoms with E-state index in [0.29, 0.717) is 5.69 Å². The van der Waals surface area contributed by atoms with Crippen LogP contribution in [0, 0.1) is 0 Å². The first-order valence-electron chi connectivity index (χ1n) is 5.37. The number of anilines is 1. The van der Waals surface area contributed by atoms with Crippen LogP contribution in [0.15, 0.2) is 18.5 Å². The van der Waals surface area contributed by atoms with Crippen LogP contribution in [0.3, 0.4) is 0 Å². The molecule has 1 rings (SSSR count). The van der Waals surface area contributed by atoms with Crippen molar-refractivity contribution in [2.45, 2.75) is 13.3 Å². The van der Waals surface area contributed by atoms with Gasteiger partial charge in [-0.2, -0.15) is 0 Å². The number of carboxylic acid groups (broad SMARTS) is 1. The molecule has 0 spiro atoms. The molecule has 0 fully saturated rings. The van der Waals surface area contributed by atoms with E-state index in [1.165, 1.54) is 6.20 Å². The van der Waals surface area contributed by atoms with Crippen LogP contribution in [0.25, 0.3) is 0 Å². The van der Waals surface area contributed by atoms with Gasteiger partial charge < -0.3 is 15.7 Å². The van der Waals surface area contributed by atoms with Crippen molar-refractivity contribution in [1.29, 1.82) is 0 Å². The number of aromatic carboxylic acids is 1. The highest BCUT2D eigenvalue weighted by molar-refractivity contribution is 5.93. The van der Waals surface area contributed by atoms with Crippen molar-refractivity contribution in [3.63, 3.8) is 0 Å². The lowest BCUT2D eigenvalue weighted by Gasteiger charge is -2.08. The molecule has 3 N–H and O–H groups in total. The first-order chi connectivity index (χ1) is 7.75. The van der Waals surface area contributed by atoms with Gasteiger partial charge in [0.1, 0.15) is 5.56 Å². The maximum Gasteiger partial charge on any atom is 0.339 e. The molecule has 0 amide bonds. The number of rotatable bonds is 7. The van der Waals surface area contributed by atoms with E-state index in [4.69, 9.17) is 5.11 Å². The Balaban J connectivity index is 2.44. The van der Waals surface area contributed by atoms with Crippen molar-refractivity contribution in [3.05, 3.63) is 24.0 Å². The van der Waals surface area contributed by atoms with Crippen LogP contribution >= 0.6 is 0 Å². The third-order valence-corrected chi connectivity index (χ3v) is 2.15. The molecule has 0 aliphatic carbocycles. The Morgan fingerprint density at radius 2 is 2.31 bits per heavy atom. The topological polar surface area (TPSA) is 74.2 Å². The zero-order valence-electron chi connectivity index (χ0n) is 9.36. The summed E-state index contributed by atoms with van der Waals surface area (Å²) in [6.45, 7) is 4.68. The molecule has 0 aliphatic rings. The summed E-state index contributed by atoms with van der Waals surface area (Å²) in [5, 5.41) is 15.2. The molecule has 0 aliphatic heterocycles. The van der Waals surface area contributed by atoms with Crippen LogP contribution in [0.4, 0.5) is 5.69 Å². The Morgan fingerprint density at radius 3 is 3.00 bits per heavy atom. The quantitative estimate of drug-likeness (QED) is 0.605. The van der Waals surface area contributed by atoms with Gasteiger partial charge in [0, 0.05) is 18.9 Å². The molecule has 16 heavy (non-hydrogen) atoms. The summed E-state index contributed by atoms with van der Waals surface area (Å²) in [5.41, 5.74) is 0.838. The summed E-state index contributed by atoms with van der Waals surface area (Å²) in [7, 11) is 0. The van der Waals surface area contributed by atoms with E-state index in [1.807, 2.05) is 0 Å². The first kappa shape index (κ1) is 12.4. The number of aromatic nitrogens is 1. The first-order valence-corrected chi connectivity index (χ1v) is 5.37. The average molecular weight is 223 g/mol. The van der Waals surface area contributed by atoms with Crippen LogP contribution in [0.5, 0.6) is 0 Å². The van der Waals surface area contributed by atoms with Gasteiger partial charge in [-0.3, -0.25) is 4.98 Å². The number of nitrogens with one attached hydrogen (secondary N) is 2. The van der Waals surface area contributed by atoms with Gasteiger partial charge in [-0.25, -0.2) is 4.79 Å². The fraction of sp³-hybridized carbons (Fsp3) is 0.455. The molecule has 0 bridgehead atoms. The number of nitrogens with zero attached hydrogens (tertiary/aromatic N) is 1. The van der Waals surface area contributed by atoms with Crippen LogP contribution in [-0.2, 0) is 0 Å². The van der Waals surface area contributed by atoms with Crippen LogP contribution in [0.2, 0.25) is 0 Å². The molecular formula is C11H17N3O2. The van der Waals surface area contributed by atoms with Gasteiger partial charge >= 0.3 is 5.97 Å². The minimum absolute atomic E-state index is 0.214. The van der Waals surface area contributed by atoms with Gasteiger partial charge in [0.15, 0.2) is 0 Å². The summed E-state index contributed by atoms with van der Waals surface area (Å²) < 4.78 is 0. The Morgan fingerprint density at radius 1 is 1.50 bits per heavy atom. The predicted octanol–water partition coefficient (Wildman–Crippen LogP) is 1.19.